The zero-order chi connectivity index (χ0) is 24.6. The molecule has 10 heteroatoms. The number of nitrogens with zero attached hydrogens (tertiary/aromatic N) is 1. The molecular formula is C24H15F3N2O5. The Kier molecular flexibility index (Phi) is 5.89. The fourth-order valence-electron chi connectivity index (χ4n) is 3.42. The molecule has 0 unspecified atom stereocenters. The highest BCUT2D eigenvalue weighted by molar-refractivity contribution is 6.34. The number of carbonyl (C=O) groups excluding carboxylic acids is 4. The first kappa shape index (κ1) is 22.7. The summed E-state index contributed by atoms with van der Waals surface area (Å²) in [4.78, 5) is 51.0. The summed E-state index contributed by atoms with van der Waals surface area (Å²) in [6.07, 6.45) is 0. The van der Waals surface area contributed by atoms with Gasteiger partial charge in [-0.3, -0.25) is 14.4 Å². The van der Waals surface area contributed by atoms with Crippen molar-refractivity contribution in [2.45, 2.75) is 6.92 Å². The molecule has 7 nitrogen and oxygen atoms in total. The number of hydrogen-bond acceptors (Lipinski definition) is 5. The fraction of sp³-hybridized carbons (Fsp3) is 0.0833. The molecule has 0 bridgehead atoms. The zero-order valence-electron chi connectivity index (χ0n) is 17.5. The van der Waals surface area contributed by atoms with Crippen LogP contribution in [0.4, 0.5) is 24.5 Å². The number of ether oxygens (including phenoxy) is 1. The van der Waals surface area contributed by atoms with Crippen LogP contribution in [0.15, 0.2) is 54.6 Å². The van der Waals surface area contributed by atoms with Crippen LogP contribution >= 0.6 is 0 Å². The van der Waals surface area contributed by atoms with Crippen molar-refractivity contribution in [2.75, 3.05) is 16.8 Å². The van der Waals surface area contributed by atoms with Gasteiger partial charge in [-0.1, -0.05) is 18.2 Å². The second-order valence-electron chi connectivity index (χ2n) is 7.34. The van der Waals surface area contributed by atoms with Crippen molar-refractivity contribution >= 4 is 35.1 Å². The lowest BCUT2D eigenvalue weighted by Crippen LogP contribution is -2.29. The average molecular weight is 468 g/mol. The molecule has 1 aliphatic rings. The normalized spacial score (nSPS) is 12.5. The molecule has 0 aliphatic carbocycles. The lowest BCUT2D eigenvalue weighted by atomic mass is 10.1. The summed E-state index contributed by atoms with van der Waals surface area (Å²) < 4.78 is 44.8. The van der Waals surface area contributed by atoms with Gasteiger partial charge in [0.25, 0.3) is 17.7 Å². The van der Waals surface area contributed by atoms with Gasteiger partial charge < -0.3 is 10.1 Å². The highest BCUT2D eigenvalue weighted by atomic mass is 19.2. The number of benzene rings is 3. The zero-order valence-corrected chi connectivity index (χ0v) is 17.5. The molecule has 0 spiro atoms. The number of amides is 3. The van der Waals surface area contributed by atoms with Crippen molar-refractivity contribution in [3.8, 4) is 0 Å². The number of halogens is 3. The first-order valence-electron chi connectivity index (χ1n) is 9.88. The van der Waals surface area contributed by atoms with E-state index >= 15 is 0 Å². The highest BCUT2D eigenvalue weighted by Crippen LogP contribution is 2.31. The van der Waals surface area contributed by atoms with Crippen LogP contribution in [0.1, 0.15) is 36.6 Å². The van der Waals surface area contributed by atoms with E-state index in [0.29, 0.717) is 17.3 Å². The molecule has 0 atom stereocenters. The quantitative estimate of drug-likeness (QED) is 0.347. The molecule has 3 amide bonds. The maximum Gasteiger partial charge on any atom is 0.338 e. The van der Waals surface area contributed by atoms with Crippen molar-refractivity contribution < 1.29 is 37.1 Å². The smallest absolute Gasteiger partial charge is 0.338 e. The number of fused-ring (bicyclic) bond motifs is 1. The molecule has 0 saturated carbocycles. The molecule has 3 aromatic rings. The fourth-order valence-corrected chi connectivity index (χ4v) is 3.42. The van der Waals surface area contributed by atoms with E-state index in [1.54, 1.807) is 31.2 Å². The Balaban J connectivity index is 1.46. The van der Waals surface area contributed by atoms with Gasteiger partial charge in [0, 0.05) is 0 Å². The molecule has 34 heavy (non-hydrogen) atoms. The van der Waals surface area contributed by atoms with E-state index in [4.69, 9.17) is 4.74 Å². The maximum absolute atomic E-state index is 13.7. The van der Waals surface area contributed by atoms with Gasteiger partial charge in [-0.15, -0.1) is 0 Å². The lowest BCUT2D eigenvalue weighted by Gasteiger charge is -2.16. The standard InChI is InChI=1S/C24H15F3N2O5/c1-12-4-2-3-5-18(12)29-22(31)14-7-6-13(10-15(14)23(29)32)24(33)34-11-19(30)28-17-9-8-16(25)20(26)21(17)27/h2-10H,11H2,1H3,(H,28,30). The summed E-state index contributed by atoms with van der Waals surface area (Å²) in [5, 5.41) is 1.97. The number of imide groups is 1. The minimum absolute atomic E-state index is 0.00369. The van der Waals surface area contributed by atoms with Crippen molar-refractivity contribution in [3.05, 3.63) is 94.3 Å². The average Bonchev–Trinajstić information content (AvgIpc) is 3.07. The molecule has 0 fully saturated rings. The van der Waals surface area contributed by atoms with Crippen LogP contribution < -0.4 is 10.2 Å². The molecule has 1 heterocycles. The van der Waals surface area contributed by atoms with Crippen molar-refractivity contribution in [1.82, 2.24) is 0 Å². The van der Waals surface area contributed by atoms with Gasteiger partial charge in [0.2, 0.25) is 0 Å². The van der Waals surface area contributed by atoms with E-state index in [-0.39, 0.29) is 16.7 Å². The Morgan fingerprint density at radius 1 is 0.912 bits per heavy atom. The largest absolute Gasteiger partial charge is 0.452 e. The Labute approximate surface area is 190 Å². The number of nitrogens with one attached hydrogen (secondary N) is 1. The van der Waals surface area contributed by atoms with Crippen molar-refractivity contribution in [1.29, 1.82) is 0 Å². The Bertz CT molecular complexity index is 1370. The van der Waals surface area contributed by atoms with E-state index in [9.17, 15) is 32.3 Å². The molecule has 0 aromatic heterocycles. The van der Waals surface area contributed by atoms with Crippen LogP contribution in [0.3, 0.4) is 0 Å². The van der Waals surface area contributed by atoms with Crippen LogP contribution in [-0.2, 0) is 9.53 Å². The van der Waals surface area contributed by atoms with E-state index in [1.807, 2.05) is 5.32 Å². The Hall–Kier alpha value is -4.47. The predicted octanol–water partition coefficient (Wildman–Crippen LogP) is 4.01. The van der Waals surface area contributed by atoms with E-state index in [2.05, 4.69) is 0 Å². The number of esters is 1. The SMILES string of the molecule is Cc1ccccc1N1C(=O)c2ccc(C(=O)OCC(=O)Nc3ccc(F)c(F)c3F)cc2C1=O. The van der Waals surface area contributed by atoms with Gasteiger partial charge in [-0.2, -0.15) is 0 Å². The van der Waals surface area contributed by atoms with Crippen molar-refractivity contribution in [3.63, 3.8) is 0 Å². The number of rotatable bonds is 5. The third-order valence-corrected chi connectivity index (χ3v) is 5.12. The minimum atomic E-state index is -1.76. The van der Waals surface area contributed by atoms with Crippen LogP contribution in [0, 0.1) is 24.4 Å². The van der Waals surface area contributed by atoms with E-state index < -0.39 is 53.4 Å². The molecule has 0 radical (unpaired) electrons. The summed E-state index contributed by atoms with van der Waals surface area (Å²) >= 11 is 0. The summed E-state index contributed by atoms with van der Waals surface area (Å²) in [6.45, 7) is 0.884. The predicted molar refractivity (Wildman–Crippen MR) is 114 cm³/mol. The number of carbonyl (C=O) groups is 4. The second kappa shape index (κ2) is 8.81. The number of hydrogen-bond donors (Lipinski definition) is 1. The monoisotopic (exact) mass is 468 g/mol. The number of para-hydroxylation sites is 1. The van der Waals surface area contributed by atoms with Gasteiger partial charge >= 0.3 is 5.97 Å². The van der Waals surface area contributed by atoms with Gasteiger partial charge in [-0.05, 0) is 48.9 Å². The minimum Gasteiger partial charge on any atom is -0.452 e. The molecule has 1 aliphatic heterocycles. The molecule has 172 valence electrons. The Morgan fingerprint density at radius 3 is 2.35 bits per heavy atom. The summed E-state index contributed by atoms with van der Waals surface area (Å²) in [5.41, 5.74) is 0.502. The molecule has 4 rings (SSSR count). The molecule has 1 N–H and O–H groups in total. The summed E-state index contributed by atoms with van der Waals surface area (Å²) in [6, 6.07) is 12.0. The third-order valence-electron chi connectivity index (χ3n) is 5.12. The van der Waals surface area contributed by atoms with E-state index in [0.717, 1.165) is 11.0 Å². The summed E-state index contributed by atoms with van der Waals surface area (Å²) in [5.74, 6) is -7.92. The van der Waals surface area contributed by atoms with Crippen LogP contribution in [0.25, 0.3) is 0 Å². The molecule has 0 saturated heterocycles. The molecule has 3 aromatic carbocycles. The highest BCUT2D eigenvalue weighted by Gasteiger charge is 2.37. The first-order valence-corrected chi connectivity index (χ1v) is 9.88. The van der Waals surface area contributed by atoms with Crippen LogP contribution in [0.5, 0.6) is 0 Å². The van der Waals surface area contributed by atoms with Crippen LogP contribution in [0.2, 0.25) is 0 Å². The second-order valence-corrected chi connectivity index (χ2v) is 7.34. The topological polar surface area (TPSA) is 92.8 Å². The van der Waals surface area contributed by atoms with E-state index in [1.165, 1.54) is 18.2 Å². The number of anilines is 2. The van der Waals surface area contributed by atoms with Gasteiger partial charge in [-0.25, -0.2) is 22.9 Å². The first-order chi connectivity index (χ1) is 16.2. The van der Waals surface area contributed by atoms with Gasteiger partial charge in [0.1, 0.15) is 0 Å². The van der Waals surface area contributed by atoms with Crippen LogP contribution in [-0.4, -0.2) is 30.3 Å². The third kappa shape index (κ3) is 4.01. The summed E-state index contributed by atoms with van der Waals surface area (Å²) in [7, 11) is 0. The lowest BCUT2D eigenvalue weighted by molar-refractivity contribution is -0.119. The molecular weight excluding hydrogens is 453 g/mol. The van der Waals surface area contributed by atoms with Gasteiger partial charge in [0.05, 0.1) is 28.1 Å². The Morgan fingerprint density at radius 2 is 1.62 bits per heavy atom. The number of aryl methyl sites for hydroxylation is 1. The van der Waals surface area contributed by atoms with Crippen molar-refractivity contribution in [2.24, 2.45) is 0 Å². The maximum atomic E-state index is 13.7. The van der Waals surface area contributed by atoms with Gasteiger partial charge in [0.15, 0.2) is 24.1 Å².